The molecule has 0 aliphatic carbocycles. The number of benzene rings is 1. The number of carbonyl (C=O) groups is 3. The van der Waals surface area contributed by atoms with Crippen LogP contribution >= 0.6 is 23.2 Å². The van der Waals surface area contributed by atoms with Gasteiger partial charge in [-0.15, -0.1) is 0 Å². The maximum Gasteiger partial charge on any atom is 0.256 e. The van der Waals surface area contributed by atoms with E-state index >= 15 is 0 Å². The Labute approximate surface area is 175 Å². The number of halogens is 2. The van der Waals surface area contributed by atoms with Gasteiger partial charge in [-0.05, 0) is 45.2 Å². The third kappa shape index (κ3) is 5.85. The summed E-state index contributed by atoms with van der Waals surface area (Å²) >= 11 is 12.3. The van der Waals surface area contributed by atoms with E-state index in [9.17, 15) is 14.4 Å². The van der Waals surface area contributed by atoms with Crippen molar-refractivity contribution in [1.29, 1.82) is 0 Å². The number of nitrogens with one attached hydrogen (secondary N) is 2. The Hall–Kier alpha value is -1.79. The number of hydrogen-bond donors (Lipinski definition) is 2. The molecule has 0 unspecified atom stereocenters. The van der Waals surface area contributed by atoms with Gasteiger partial charge in [0.2, 0.25) is 11.8 Å². The van der Waals surface area contributed by atoms with Gasteiger partial charge in [0, 0.05) is 36.5 Å². The Morgan fingerprint density at radius 2 is 1.82 bits per heavy atom. The van der Waals surface area contributed by atoms with Crippen molar-refractivity contribution in [2.45, 2.75) is 52.5 Å². The Kier molecular flexibility index (Phi) is 8.13. The Morgan fingerprint density at radius 1 is 1.18 bits per heavy atom. The molecule has 1 aromatic rings. The standard InChI is InChI=1S/C20H27Cl2N3O3/c1-4-5-17(26)24-18-15(10-14(21)11-16(18)22)20(28)25-8-6-13(7-9-25)19(27)23-12(2)3/h10-13H,4-9H2,1-3H3,(H,23,27)(H,24,26). The van der Waals surface area contributed by atoms with Gasteiger partial charge < -0.3 is 15.5 Å². The van der Waals surface area contributed by atoms with Crippen molar-refractivity contribution >= 4 is 46.6 Å². The largest absolute Gasteiger partial charge is 0.354 e. The van der Waals surface area contributed by atoms with Crippen molar-refractivity contribution in [2.75, 3.05) is 18.4 Å². The lowest BCUT2D eigenvalue weighted by Crippen LogP contribution is -2.44. The first-order valence-corrected chi connectivity index (χ1v) is 10.4. The number of piperidine rings is 1. The molecule has 1 aliphatic rings. The monoisotopic (exact) mass is 427 g/mol. The fourth-order valence-electron chi connectivity index (χ4n) is 3.22. The molecule has 3 amide bonds. The molecule has 0 aromatic heterocycles. The molecule has 1 fully saturated rings. The molecule has 0 saturated carbocycles. The third-order valence-corrected chi connectivity index (χ3v) is 5.13. The quantitative estimate of drug-likeness (QED) is 0.716. The van der Waals surface area contributed by atoms with Crippen LogP contribution < -0.4 is 10.6 Å². The molecule has 154 valence electrons. The average molecular weight is 428 g/mol. The normalized spacial score (nSPS) is 14.9. The van der Waals surface area contributed by atoms with Gasteiger partial charge in [-0.2, -0.15) is 0 Å². The minimum atomic E-state index is -0.251. The van der Waals surface area contributed by atoms with Crippen LogP contribution in [0.25, 0.3) is 0 Å². The summed E-state index contributed by atoms with van der Waals surface area (Å²) in [6.45, 7) is 6.67. The Balaban J connectivity index is 2.14. The van der Waals surface area contributed by atoms with E-state index in [0.717, 1.165) is 0 Å². The lowest BCUT2D eigenvalue weighted by Gasteiger charge is -2.32. The first-order valence-electron chi connectivity index (χ1n) is 9.61. The fraction of sp³-hybridized carbons (Fsp3) is 0.550. The molecule has 28 heavy (non-hydrogen) atoms. The van der Waals surface area contributed by atoms with E-state index < -0.39 is 0 Å². The molecule has 0 atom stereocenters. The summed E-state index contributed by atoms with van der Waals surface area (Å²) in [4.78, 5) is 39.0. The van der Waals surface area contributed by atoms with Gasteiger partial charge in [0.1, 0.15) is 0 Å². The predicted octanol–water partition coefficient (Wildman–Crippen LogP) is 4.11. The number of anilines is 1. The van der Waals surface area contributed by atoms with Crippen LogP contribution in [0.15, 0.2) is 12.1 Å². The second-order valence-corrected chi connectivity index (χ2v) is 8.18. The fourth-order valence-corrected chi connectivity index (χ4v) is 3.76. The van der Waals surface area contributed by atoms with E-state index in [0.29, 0.717) is 43.8 Å². The lowest BCUT2D eigenvalue weighted by molar-refractivity contribution is -0.126. The highest BCUT2D eigenvalue weighted by Crippen LogP contribution is 2.32. The molecule has 6 nitrogen and oxygen atoms in total. The molecule has 1 saturated heterocycles. The van der Waals surface area contributed by atoms with Crippen LogP contribution in [-0.2, 0) is 9.59 Å². The summed E-state index contributed by atoms with van der Waals surface area (Å²) in [6, 6.07) is 3.12. The smallest absolute Gasteiger partial charge is 0.256 e. The van der Waals surface area contributed by atoms with Crippen molar-refractivity contribution in [3.63, 3.8) is 0 Å². The zero-order chi connectivity index (χ0) is 20.8. The van der Waals surface area contributed by atoms with Crippen LogP contribution in [0.4, 0.5) is 5.69 Å². The van der Waals surface area contributed by atoms with Crippen molar-refractivity contribution in [2.24, 2.45) is 5.92 Å². The van der Waals surface area contributed by atoms with Crippen LogP contribution in [0.5, 0.6) is 0 Å². The van der Waals surface area contributed by atoms with E-state index in [2.05, 4.69) is 10.6 Å². The van der Waals surface area contributed by atoms with Crippen LogP contribution in [-0.4, -0.2) is 41.8 Å². The van der Waals surface area contributed by atoms with Gasteiger partial charge in [-0.25, -0.2) is 0 Å². The molecule has 1 aliphatic heterocycles. The van der Waals surface area contributed by atoms with Crippen molar-refractivity contribution < 1.29 is 14.4 Å². The van der Waals surface area contributed by atoms with E-state index in [4.69, 9.17) is 23.2 Å². The van der Waals surface area contributed by atoms with Crippen LogP contribution in [0.3, 0.4) is 0 Å². The number of amides is 3. The Bertz CT molecular complexity index is 744. The predicted molar refractivity (Wildman–Crippen MR) is 112 cm³/mol. The van der Waals surface area contributed by atoms with E-state index in [1.165, 1.54) is 12.1 Å². The van der Waals surface area contributed by atoms with Crippen LogP contribution in [0.1, 0.15) is 56.8 Å². The highest BCUT2D eigenvalue weighted by molar-refractivity contribution is 6.38. The molecule has 1 heterocycles. The molecule has 0 bridgehead atoms. The topological polar surface area (TPSA) is 78.5 Å². The first kappa shape index (κ1) is 22.5. The summed E-state index contributed by atoms with van der Waals surface area (Å²) in [5, 5.41) is 6.21. The van der Waals surface area contributed by atoms with Crippen molar-refractivity contribution in [3.05, 3.63) is 27.7 Å². The molecule has 1 aromatic carbocycles. The van der Waals surface area contributed by atoms with Crippen molar-refractivity contribution in [3.8, 4) is 0 Å². The van der Waals surface area contributed by atoms with Crippen LogP contribution in [0.2, 0.25) is 10.0 Å². The number of likely N-dealkylation sites (tertiary alicyclic amines) is 1. The molecule has 2 N–H and O–H groups in total. The minimum absolute atomic E-state index is 0.0282. The number of carbonyl (C=O) groups excluding carboxylic acids is 3. The molecule has 0 spiro atoms. The zero-order valence-electron chi connectivity index (χ0n) is 16.5. The van der Waals surface area contributed by atoms with Gasteiger partial charge in [-0.1, -0.05) is 30.1 Å². The second kappa shape index (κ2) is 10.1. The van der Waals surface area contributed by atoms with E-state index in [1.54, 1.807) is 4.90 Å². The number of rotatable bonds is 6. The number of nitrogens with zero attached hydrogens (tertiary/aromatic N) is 1. The maximum absolute atomic E-state index is 13.1. The highest BCUT2D eigenvalue weighted by Gasteiger charge is 2.29. The van der Waals surface area contributed by atoms with Crippen molar-refractivity contribution in [1.82, 2.24) is 10.2 Å². The van der Waals surface area contributed by atoms with Crippen LogP contribution in [0, 0.1) is 5.92 Å². The molecule has 0 radical (unpaired) electrons. The molecule has 2 rings (SSSR count). The van der Waals surface area contributed by atoms with Gasteiger partial charge >= 0.3 is 0 Å². The second-order valence-electron chi connectivity index (χ2n) is 7.34. The SMILES string of the molecule is CCCC(=O)Nc1c(Cl)cc(Cl)cc1C(=O)N1CCC(C(=O)NC(C)C)CC1. The summed E-state index contributed by atoms with van der Waals surface area (Å²) in [7, 11) is 0. The van der Waals surface area contributed by atoms with Gasteiger partial charge in [0.25, 0.3) is 5.91 Å². The maximum atomic E-state index is 13.1. The van der Waals surface area contributed by atoms with Gasteiger partial charge in [-0.3, -0.25) is 14.4 Å². The van der Waals surface area contributed by atoms with E-state index in [1.807, 2.05) is 20.8 Å². The highest BCUT2D eigenvalue weighted by atomic mass is 35.5. The van der Waals surface area contributed by atoms with E-state index in [-0.39, 0.29) is 46.0 Å². The zero-order valence-corrected chi connectivity index (χ0v) is 18.0. The first-order chi connectivity index (χ1) is 13.2. The lowest BCUT2D eigenvalue weighted by atomic mass is 9.95. The number of hydrogen-bond acceptors (Lipinski definition) is 3. The van der Waals surface area contributed by atoms with Gasteiger partial charge in [0.05, 0.1) is 16.3 Å². The summed E-state index contributed by atoms with van der Waals surface area (Å²) in [5.41, 5.74) is 0.557. The molecular weight excluding hydrogens is 401 g/mol. The summed E-state index contributed by atoms with van der Waals surface area (Å²) < 4.78 is 0. The Morgan fingerprint density at radius 3 is 2.39 bits per heavy atom. The van der Waals surface area contributed by atoms with Gasteiger partial charge in [0.15, 0.2) is 0 Å². The minimum Gasteiger partial charge on any atom is -0.354 e. The summed E-state index contributed by atoms with van der Waals surface area (Å²) in [5.74, 6) is -0.526. The summed E-state index contributed by atoms with van der Waals surface area (Å²) in [6.07, 6.45) is 2.21. The molecular formula is C20H27Cl2N3O3. The molecule has 8 heteroatoms. The average Bonchev–Trinajstić information content (AvgIpc) is 2.63. The third-order valence-electron chi connectivity index (χ3n) is 4.61.